The van der Waals surface area contributed by atoms with E-state index in [0.29, 0.717) is 6.61 Å². The zero-order valence-corrected chi connectivity index (χ0v) is 10.0. The van der Waals surface area contributed by atoms with Gasteiger partial charge in [0.2, 0.25) is 0 Å². The van der Waals surface area contributed by atoms with Crippen molar-refractivity contribution in [1.82, 2.24) is 0 Å². The molecule has 0 bridgehead atoms. The Bertz CT molecular complexity index is 164. The molecule has 1 atom stereocenters. The number of ether oxygens (including phenoxy) is 1. The SMILES string of the molecule is CCOC(C)(C)CC(C)(C)[C@@H](O)CO. The van der Waals surface area contributed by atoms with E-state index in [-0.39, 0.29) is 17.6 Å². The summed E-state index contributed by atoms with van der Waals surface area (Å²) in [4.78, 5) is 0. The Kier molecular flexibility index (Phi) is 5.06. The van der Waals surface area contributed by atoms with Gasteiger partial charge in [0.05, 0.1) is 18.3 Å². The average Bonchev–Trinajstić information content (AvgIpc) is 2.00. The Morgan fingerprint density at radius 3 is 2.07 bits per heavy atom. The first-order chi connectivity index (χ1) is 6.25. The maximum Gasteiger partial charge on any atom is 0.0822 e. The molecular weight excluding hydrogens is 180 g/mol. The Hall–Kier alpha value is -0.120. The number of rotatable bonds is 6. The molecule has 0 fully saturated rings. The third-order valence-electron chi connectivity index (χ3n) is 2.49. The summed E-state index contributed by atoms with van der Waals surface area (Å²) in [6.45, 7) is 10.3. The molecule has 0 rings (SSSR count). The molecule has 2 N–H and O–H groups in total. The Labute approximate surface area is 87.1 Å². The van der Waals surface area contributed by atoms with E-state index in [1.807, 2.05) is 34.6 Å². The minimum Gasteiger partial charge on any atom is -0.394 e. The normalized spacial score (nSPS) is 15.6. The largest absolute Gasteiger partial charge is 0.394 e. The molecule has 0 aromatic carbocycles. The highest BCUT2D eigenvalue weighted by Crippen LogP contribution is 2.33. The molecule has 86 valence electrons. The molecule has 0 aromatic heterocycles. The van der Waals surface area contributed by atoms with Crippen LogP contribution in [0.1, 0.15) is 41.0 Å². The summed E-state index contributed by atoms with van der Waals surface area (Å²) in [5.41, 5.74) is -0.582. The zero-order valence-electron chi connectivity index (χ0n) is 10.0. The second-order valence-electron chi connectivity index (χ2n) is 5.06. The molecule has 0 spiro atoms. The van der Waals surface area contributed by atoms with Gasteiger partial charge in [-0.05, 0) is 32.6 Å². The predicted molar refractivity (Wildman–Crippen MR) is 57.2 cm³/mol. The van der Waals surface area contributed by atoms with Crippen molar-refractivity contribution >= 4 is 0 Å². The topological polar surface area (TPSA) is 49.7 Å². The summed E-state index contributed by atoms with van der Waals surface area (Å²) in [5.74, 6) is 0. The molecular formula is C11H24O3. The fourth-order valence-corrected chi connectivity index (χ4v) is 1.90. The maximum absolute atomic E-state index is 9.61. The van der Waals surface area contributed by atoms with Crippen LogP contribution in [0.2, 0.25) is 0 Å². The summed E-state index contributed by atoms with van der Waals surface area (Å²) in [6.07, 6.45) is 0.0254. The lowest BCUT2D eigenvalue weighted by Gasteiger charge is -2.37. The highest BCUT2D eigenvalue weighted by atomic mass is 16.5. The molecule has 3 heteroatoms. The van der Waals surface area contributed by atoms with Crippen molar-refractivity contribution in [3.05, 3.63) is 0 Å². The molecule has 14 heavy (non-hydrogen) atoms. The lowest BCUT2D eigenvalue weighted by Crippen LogP contribution is -2.40. The lowest BCUT2D eigenvalue weighted by atomic mass is 9.77. The molecule has 0 heterocycles. The van der Waals surface area contributed by atoms with E-state index < -0.39 is 6.10 Å². The van der Waals surface area contributed by atoms with Crippen LogP contribution in [-0.4, -0.2) is 35.1 Å². The fraction of sp³-hybridized carbons (Fsp3) is 1.00. The number of hydrogen-bond donors (Lipinski definition) is 2. The molecule has 0 aromatic rings. The molecule has 0 saturated heterocycles. The summed E-state index contributed by atoms with van der Waals surface area (Å²) < 4.78 is 5.57. The van der Waals surface area contributed by atoms with Crippen LogP contribution in [0.3, 0.4) is 0 Å². The minimum absolute atomic E-state index is 0.199. The zero-order chi connectivity index (χ0) is 11.4. The van der Waals surface area contributed by atoms with Crippen molar-refractivity contribution in [2.45, 2.75) is 52.7 Å². The second kappa shape index (κ2) is 5.10. The Balaban J connectivity index is 4.33. The number of hydrogen-bond acceptors (Lipinski definition) is 3. The summed E-state index contributed by atoms with van der Waals surface area (Å²) in [6, 6.07) is 0. The van der Waals surface area contributed by atoms with Crippen molar-refractivity contribution in [2.24, 2.45) is 5.41 Å². The van der Waals surface area contributed by atoms with Gasteiger partial charge in [0.15, 0.2) is 0 Å². The molecule has 0 saturated carbocycles. The van der Waals surface area contributed by atoms with E-state index in [0.717, 1.165) is 6.42 Å². The summed E-state index contributed by atoms with van der Waals surface area (Å²) in [5, 5.41) is 18.5. The molecule has 0 amide bonds. The van der Waals surface area contributed by atoms with Crippen LogP contribution in [0, 0.1) is 5.41 Å². The monoisotopic (exact) mass is 204 g/mol. The second-order valence-corrected chi connectivity index (χ2v) is 5.06. The molecule has 0 radical (unpaired) electrons. The van der Waals surface area contributed by atoms with E-state index in [1.54, 1.807) is 0 Å². The van der Waals surface area contributed by atoms with Crippen molar-refractivity contribution in [2.75, 3.05) is 13.2 Å². The summed E-state index contributed by atoms with van der Waals surface area (Å²) in [7, 11) is 0. The van der Waals surface area contributed by atoms with Gasteiger partial charge in [-0.2, -0.15) is 0 Å². The third kappa shape index (κ3) is 4.40. The van der Waals surface area contributed by atoms with E-state index in [2.05, 4.69) is 0 Å². The van der Waals surface area contributed by atoms with Crippen LogP contribution < -0.4 is 0 Å². The Morgan fingerprint density at radius 2 is 1.71 bits per heavy atom. The molecule has 0 aliphatic heterocycles. The van der Waals surface area contributed by atoms with E-state index in [4.69, 9.17) is 9.84 Å². The van der Waals surface area contributed by atoms with Gasteiger partial charge in [-0.1, -0.05) is 13.8 Å². The van der Waals surface area contributed by atoms with Crippen LogP contribution in [-0.2, 0) is 4.74 Å². The summed E-state index contributed by atoms with van der Waals surface area (Å²) >= 11 is 0. The van der Waals surface area contributed by atoms with Crippen molar-refractivity contribution in [3.8, 4) is 0 Å². The van der Waals surface area contributed by atoms with Gasteiger partial charge in [0.25, 0.3) is 0 Å². The van der Waals surface area contributed by atoms with E-state index in [9.17, 15) is 5.11 Å². The standard InChI is InChI=1S/C11H24O3/c1-6-14-11(4,5)8-10(2,3)9(13)7-12/h9,12-13H,6-8H2,1-5H3/t9-/m0/s1. The highest BCUT2D eigenvalue weighted by molar-refractivity contribution is 4.85. The van der Waals surface area contributed by atoms with Crippen LogP contribution in [0.15, 0.2) is 0 Å². The van der Waals surface area contributed by atoms with Crippen LogP contribution >= 0.6 is 0 Å². The Morgan fingerprint density at radius 1 is 1.21 bits per heavy atom. The average molecular weight is 204 g/mol. The van der Waals surface area contributed by atoms with Gasteiger partial charge in [0, 0.05) is 6.61 Å². The quantitative estimate of drug-likeness (QED) is 0.690. The lowest BCUT2D eigenvalue weighted by molar-refractivity contribution is -0.0782. The van der Waals surface area contributed by atoms with E-state index >= 15 is 0 Å². The van der Waals surface area contributed by atoms with Gasteiger partial charge in [-0.15, -0.1) is 0 Å². The van der Waals surface area contributed by atoms with Gasteiger partial charge < -0.3 is 14.9 Å². The highest BCUT2D eigenvalue weighted by Gasteiger charge is 2.34. The van der Waals surface area contributed by atoms with Gasteiger partial charge >= 0.3 is 0 Å². The van der Waals surface area contributed by atoms with Crippen LogP contribution in [0.4, 0.5) is 0 Å². The first-order valence-electron chi connectivity index (χ1n) is 5.18. The van der Waals surface area contributed by atoms with Crippen molar-refractivity contribution in [1.29, 1.82) is 0 Å². The van der Waals surface area contributed by atoms with Gasteiger partial charge in [0.1, 0.15) is 0 Å². The van der Waals surface area contributed by atoms with Crippen molar-refractivity contribution in [3.63, 3.8) is 0 Å². The first kappa shape index (κ1) is 13.9. The first-order valence-corrected chi connectivity index (χ1v) is 5.18. The number of aliphatic hydroxyl groups excluding tert-OH is 2. The van der Waals surface area contributed by atoms with Crippen molar-refractivity contribution < 1.29 is 14.9 Å². The predicted octanol–water partition coefficient (Wildman–Crippen LogP) is 1.57. The minimum atomic E-state index is -0.692. The van der Waals surface area contributed by atoms with Crippen LogP contribution in [0.25, 0.3) is 0 Å². The number of aliphatic hydroxyl groups is 2. The van der Waals surface area contributed by atoms with Gasteiger partial charge in [-0.3, -0.25) is 0 Å². The molecule has 0 aliphatic carbocycles. The molecule has 3 nitrogen and oxygen atoms in total. The van der Waals surface area contributed by atoms with E-state index in [1.165, 1.54) is 0 Å². The third-order valence-corrected chi connectivity index (χ3v) is 2.49. The smallest absolute Gasteiger partial charge is 0.0822 e. The maximum atomic E-state index is 9.61. The fourth-order valence-electron chi connectivity index (χ4n) is 1.90. The van der Waals surface area contributed by atoms with Gasteiger partial charge in [-0.25, -0.2) is 0 Å². The van der Waals surface area contributed by atoms with Crippen LogP contribution in [0.5, 0.6) is 0 Å². The molecule has 0 aliphatic rings. The molecule has 0 unspecified atom stereocenters.